The number of carbonyl (C=O) groups is 2. The molecule has 0 saturated heterocycles. The number of aromatic nitrogens is 3. The van der Waals surface area contributed by atoms with Crippen molar-refractivity contribution in [2.24, 2.45) is 0 Å². The van der Waals surface area contributed by atoms with Crippen molar-refractivity contribution >= 4 is 29.4 Å². The molecule has 7 rings (SSSR count). The quantitative estimate of drug-likeness (QED) is 0.264. The number of amides is 2. The van der Waals surface area contributed by atoms with Crippen molar-refractivity contribution in [1.82, 2.24) is 20.1 Å². The molecule has 2 aliphatic heterocycles. The van der Waals surface area contributed by atoms with Crippen molar-refractivity contribution in [2.45, 2.75) is 18.7 Å². The highest BCUT2D eigenvalue weighted by atomic mass is 32.2. The molecule has 9 nitrogen and oxygen atoms in total. The predicted octanol–water partition coefficient (Wildman–Crippen LogP) is 5.46. The minimum atomic E-state index is -0.292. The number of benzene rings is 3. The first-order valence-electron chi connectivity index (χ1n) is 14.3. The van der Waals surface area contributed by atoms with Gasteiger partial charge in [-0.15, -0.1) is 11.8 Å². The van der Waals surface area contributed by atoms with E-state index in [0.717, 1.165) is 39.3 Å². The number of carbonyl (C=O) groups excluding carboxylic acids is 2. The Morgan fingerprint density at radius 1 is 0.977 bits per heavy atom. The topological polar surface area (TPSA) is 98.6 Å². The average Bonchev–Trinajstić information content (AvgIpc) is 3.66. The Bertz CT molecular complexity index is 1830. The molecule has 0 bridgehead atoms. The zero-order valence-electron chi connectivity index (χ0n) is 24.0. The number of hydrogen-bond donors (Lipinski definition) is 1. The predicted molar refractivity (Wildman–Crippen MR) is 169 cm³/mol. The number of rotatable bonds is 7. The molecule has 0 saturated carbocycles. The van der Waals surface area contributed by atoms with E-state index in [-0.39, 0.29) is 42.7 Å². The van der Waals surface area contributed by atoms with Gasteiger partial charge in [0.25, 0.3) is 0 Å². The van der Waals surface area contributed by atoms with Crippen LogP contribution in [0.2, 0.25) is 0 Å². The normalized spacial score (nSPS) is 15.5. The van der Waals surface area contributed by atoms with E-state index in [4.69, 9.17) is 14.6 Å². The number of pyridine rings is 1. The van der Waals surface area contributed by atoms with Crippen LogP contribution >= 0.6 is 11.8 Å². The Kier molecular flexibility index (Phi) is 7.49. The molecule has 0 unspecified atom stereocenters. The lowest BCUT2D eigenvalue weighted by Gasteiger charge is -2.23. The third-order valence-corrected chi connectivity index (χ3v) is 8.86. The fourth-order valence-corrected chi connectivity index (χ4v) is 6.61. The highest BCUT2D eigenvalue weighted by Crippen LogP contribution is 2.50. The van der Waals surface area contributed by atoms with Crippen LogP contribution < -0.4 is 19.7 Å². The van der Waals surface area contributed by atoms with Crippen LogP contribution in [0.4, 0.5) is 5.82 Å². The molecular weight excluding hydrogens is 574 g/mol. The lowest BCUT2D eigenvalue weighted by atomic mass is 9.99. The van der Waals surface area contributed by atoms with Gasteiger partial charge in [-0.2, -0.15) is 5.10 Å². The number of aryl methyl sites for hydroxylation is 1. The summed E-state index contributed by atoms with van der Waals surface area (Å²) in [6.07, 6.45) is 1.69. The molecule has 2 aromatic heterocycles. The fourth-order valence-electron chi connectivity index (χ4n) is 5.43. The van der Waals surface area contributed by atoms with Crippen molar-refractivity contribution < 1.29 is 19.1 Å². The Morgan fingerprint density at radius 2 is 1.77 bits per heavy atom. The molecule has 10 heteroatoms. The van der Waals surface area contributed by atoms with Gasteiger partial charge in [0.15, 0.2) is 11.5 Å². The van der Waals surface area contributed by atoms with Crippen LogP contribution in [-0.4, -0.2) is 45.7 Å². The summed E-state index contributed by atoms with van der Waals surface area (Å²) in [5.74, 6) is 1.62. The summed E-state index contributed by atoms with van der Waals surface area (Å²) in [7, 11) is 0. The van der Waals surface area contributed by atoms with Gasteiger partial charge in [-0.25, -0.2) is 4.68 Å². The van der Waals surface area contributed by atoms with Crippen LogP contribution in [0.15, 0.2) is 97.2 Å². The molecule has 4 heterocycles. The molecule has 0 aliphatic carbocycles. The minimum Gasteiger partial charge on any atom is -0.454 e. The first kappa shape index (κ1) is 27.7. The molecule has 2 amide bonds. The number of nitrogens with one attached hydrogen (secondary N) is 1. The van der Waals surface area contributed by atoms with Gasteiger partial charge in [-0.1, -0.05) is 60.2 Å². The van der Waals surface area contributed by atoms with E-state index in [1.807, 2.05) is 97.9 Å². The lowest BCUT2D eigenvalue weighted by Crippen LogP contribution is -2.42. The summed E-state index contributed by atoms with van der Waals surface area (Å²) in [6, 6.07) is 29.4. The van der Waals surface area contributed by atoms with E-state index in [1.165, 1.54) is 11.8 Å². The van der Waals surface area contributed by atoms with E-state index in [0.29, 0.717) is 17.3 Å². The summed E-state index contributed by atoms with van der Waals surface area (Å²) in [5.41, 5.74) is 6.08. The van der Waals surface area contributed by atoms with Crippen molar-refractivity contribution in [2.75, 3.05) is 24.0 Å². The van der Waals surface area contributed by atoms with Gasteiger partial charge in [0, 0.05) is 17.3 Å². The van der Waals surface area contributed by atoms with Crippen LogP contribution in [-0.2, 0) is 16.1 Å². The highest BCUT2D eigenvalue weighted by Gasteiger charge is 2.38. The standard InChI is InChI=1S/C34H29N5O4S/c1-22-10-13-26(14-11-22)39-34-31(32(37-39)23-7-3-2-4-8-23)33(24-12-15-27-28(17-24)43-21-42-27)44-20-30(41)38(34)19-29(40)36-18-25-9-5-6-16-35-25/h2-17,33H,18-21H2,1H3,(H,36,40)/t33-/m0/s1. The van der Waals surface area contributed by atoms with Gasteiger partial charge in [-0.05, 0) is 48.9 Å². The largest absolute Gasteiger partial charge is 0.454 e. The van der Waals surface area contributed by atoms with Crippen LogP contribution in [0.5, 0.6) is 11.5 Å². The number of fused-ring (bicyclic) bond motifs is 2. The van der Waals surface area contributed by atoms with Crippen molar-refractivity contribution in [3.63, 3.8) is 0 Å². The van der Waals surface area contributed by atoms with Crippen LogP contribution in [0.3, 0.4) is 0 Å². The molecule has 0 spiro atoms. The number of ether oxygens (including phenoxy) is 2. The van der Waals surface area contributed by atoms with Crippen molar-refractivity contribution in [1.29, 1.82) is 0 Å². The average molecular weight is 604 g/mol. The zero-order chi connectivity index (χ0) is 30.0. The summed E-state index contributed by atoms with van der Waals surface area (Å²) in [5, 5.41) is 7.80. The fraction of sp³-hybridized carbons (Fsp3) is 0.176. The number of hydrogen-bond acceptors (Lipinski definition) is 7. The maximum atomic E-state index is 14.0. The second kappa shape index (κ2) is 11.9. The monoisotopic (exact) mass is 603 g/mol. The smallest absolute Gasteiger partial charge is 0.240 e. The van der Waals surface area contributed by atoms with Crippen molar-refractivity contribution in [3.05, 3.63) is 120 Å². The molecular formula is C34H29N5O4S. The third-order valence-electron chi connectivity index (χ3n) is 7.61. The molecule has 44 heavy (non-hydrogen) atoms. The number of anilines is 1. The minimum absolute atomic E-state index is 0.168. The molecule has 0 radical (unpaired) electrons. The Morgan fingerprint density at radius 3 is 2.57 bits per heavy atom. The van der Waals surface area contributed by atoms with Gasteiger partial charge in [0.05, 0.1) is 34.6 Å². The van der Waals surface area contributed by atoms with Gasteiger partial charge in [0.1, 0.15) is 12.4 Å². The number of nitrogens with zero attached hydrogens (tertiary/aromatic N) is 4. The molecule has 1 N–H and O–H groups in total. The summed E-state index contributed by atoms with van der Waals surface area (Å²) < 4.78 is 13.1. The molecule has 3 aromatic carbocycles. The van der Waals surface area contributed by atoms with Gasteiger partial charge in [-0.3, -0.25) is 19.5 Å². The lowest BCUT2D eigenvalue weighted by molar-refractivity contribution is -0.123. The summed E-state index contributed by atoms with van der Waals surface area (Å²) >= 11 is 1.51. The second-order valence-corrected chi connectivity index (χ2v) is 11.7. The SMILES string of the molecule is Cc1ccc(-n2nc(-c3ccccc3)c3c2N(CC(=O)NCc2ccccn2)C(=O)CS[C@H]3c2ccc3c(c2)OCO3)cc1. The molecule has 2 aliphatic rings. The van der Waals surface area contributed by atoms with Crippen LogP contribution in [0.25, 0.3) is 16.9 Å². The van der Waals surface area contributed by atoms with E-state index in [9.17, 15) is 9.59 Å². The maximum Gasteiger partial charge on any atom is 0.240 e. The Labute approximate surface area is 258 Å². The second-order valence-electron chi connectivity index (χ2n) is 10.6. The van der Waals surface area contributed by atoms with Crippen molar-refractivity contribution in [3.8, 4) is 28.4 Å². The molecule has 0 fully saturated rings. The summed E-state index contributed by atoms with van der Waals surface area (Å²) in [4.78, 5) is 33.2. The maximum absolute atomic E-state index is 14.0. The molecule has 5 aromatic rings. The van der Waals surface area contributed by atoms with E-state index in [2.05, 4.69) is 10.3 Å². The van der Waals surface area contributed by atoms with E-state index >= 15 is 0 Å². The molecule has 220 valence electrons. The highest BCUT2D eigenvalue weighted by molar-refractivity contribution is 8.00. The Hall–Kier alpha value is -5.09. The zero-order valence-corrected chi connectivity index (χ0v) is 24.8. The first-order valence-corrected chi connectivity index (χ1v) is 15.3. The van der Waals surface area contributed by atoms with Crippen LogP contribution in [0.1, 0.15) is 27.6 Å². The Balaban J connectivity index is 1.38. The van der Waals surface area contributed by atoms with E-state index in [1.54, 1.807) is 15.8 Å². The van der Waals surface area contributed by atoms with E-state index < -0.39 is 0 Å². The summed E-state index contributed by atoms with van der Waals surface area (Å²) in [6.45, 7) is 2.29. The van der Waals surface area contributed by atoms with Gasteiger partial charge >= 0.3 is 0 Å². The third kappa shape index (κ3) is 5.40. The number of thioether (sulfide) groups is 1. The molecule has 1 atom stereocenters. The van der Waals surface area contributed by atoms with Crippen LogP contribution in [0, 0.1) is 6.92 Å². The van der Waals surface area contributed by atoms with Gasteiger partial charge < -0.3 is 14.8 Å². The van der Waals surface area contributed by atoms with Gasteiger partial charge in [0.2, 0.25) is 18.6 Å². The first-order chi connectivity index (χ1) is 21.5.